The van der Waals surface area contributed by atoms with Gasteiger partial charge in [-0.05, 0) is 73.1 Å². The summed E-state index contributed by atoms with van der Waals surface area (Å²) >= 11 is 0. The quantitative estimate of drug-likeness (QED) is 0.465. The van der Waals surface area contributed by atoms with Crippen LogP contribution in [-0.4, -0.2) is 50.5 Å². The van der Waals surface area contributed by atoms with Gasteiger partial charge < -0.3 is 19.9 Å². The van der Waals surface area contributed by atoms with Gasteiger partial charge in [-0.2, -0.15) is 0 Å². The van der Waals surface area contributed by atoms with E-state index in [0.717, 1.165) is 12.8 Å². The maximum Gasteiger partial charge on any atom is 0.335 e. The van der Waals surface area contributed by atoms with Crippen LogP contribution in [0.3, 0.4) is 0 Å². The number of pyridine rings is 1. The molecule has 0 radical (unpaired) electrons. The predicted octanol–water partition coefficient (Wildman–Crippen LogP) is 3.60. The number of allylic oxidation sites excluding steroid dienone is 1. The van der Waals surface area contributed by atoms with Gasteiger partial charge in [0.2, 0.25) is 5.88 Å². The normalized spacial score (nSPS) is 23.4. The van der Waals surface area contributed by atoms with Crippen LogP contribution in [0.1, 0.15) is 37.0 Å². The topological polar surface area (TPSA) is 137 Å². The Morgan fingerprint density at radius 2 is 1.94 bits per heavy atom. The first-order valence-electron chi connectivity index (χ1n) is 11.5. The van der Waals surface area contributed by atoms with Crippen LogP contribution in [0.5, 0.6) is 11.6 Å². The third-order valence-corrected chi connectivity index (χ3v) is 6.71. The second kappa shape index (κ2) is 9.10. The molecule has 0 saturated heterocycles. The third kappa shape index (κ3) is 4.74. The number of carboxylic acid groups (broad SMARTS) is 1. The SMILES string of the molecule is CC(C)(OC1CC2C=CC1CC2CNC(=O)c1cccnc1Oc1ccc2nonc2c1)C(=O)O. The van der Waals surface area contributed by atoms with Crippen LogP contribution in [0.25, 0.3) is 11.0 Å². The van der Waals surface area contributed by atoms with E-state index in [-0.39, 0.29) is 35.6 Å². The number of fused-ring (bicyclic) bond motifs is 3. The molecule has 4 atom stereocenters. The summed E-state index contributed by atoms with van der Waals surface area (Å²) in [4.78, 5) is 28.7. The van der Waals surface area contributed by atoms with Crippen LogP contribution in [0.4, 0.5) is 0 Å². The summed E-state index contributed by atoms with van der Waals surface area (Å²) in [6.07, 6.45) is 7.25. The Kier molecular flexibility index (Phi) is 5.98. The Balaban J connectivity index is 1.22. The Labute approximate surface area is 201 Å². The molecule has 6 rings (SSSR count). The van der Waals surface area contributed by atoms with E-state index in [9.17, 15) is 14.7 Å². The molecule has 10 nitrogen and oxygen atoms in total. The van der Waals surface area contributed by atoms with Crippen LogP contribution in [0.2, 0.25) is 0 Å². The molecule has 182 valence electrons. The van der Waals surface area contributed by atoms with E-state index in [4.69, 9.17) is 14.1 Å². The van der Waals surface area contributed by atoms with E-state index in [1.165, 1.54) is 0 Å². The van der Waals surface area contributed by atoms with Crippen molar-refractivity contribution in [2.24, 2.45) is 17.8 Å². The average molecular weight is 479 g/mol. The number of hydrogen-bond donors (Lipinski definition) is 2. The van der Waals surface area contributed by atoms with Crippen molar-refractivity contribution < 1.29 is 28.8 Å². The van der Waals surface area contributed by atoms with Crippen molar-refractivity contribution in [3.63, 3.8) is 0 Å². The summed E-state index contributed by atoms with van der Waals surface area (Å²) < 4.78 is 16.5. The van der Waals surface area contributed by atoms with Gasteiger partial charge in [-0.25, -0.2) is 14.4 Å². The van der Waals surface area contributed by atoms with Gasteiger partial charge in [-0.3, -0.25) is 4.79 Å². The number of nitrogens with one attached hydrogen (secondary N) is 1. The lowest BCUT2D eigenvalue weighted by atomic mass is 9.67. The molecule has 2 N–H and O–H groups in total. The summed E-state index contributed by atoms with van der Waals surface area (Å²) in [5.41, 5.74) is 0.238. The average Bonchev–Trinajstić information content (AvgIpc) is 3.31. The van der Waals surface area contributed by atoms with Crippen molar-refractivity contribution in [1.82, 2.24) is 20.6 Å². The molecule has 1 fully saturated rings. The van der Waals surface area contributed by atoms with Crippen molar-refractivity contribution in [3.05, 3.63) is 54.2 Å². The smallest absolute Gasteiger partial charge is 0.335 e. The van der Waals surface area contributed by atoms with Crippen LogP contribution in [0, 0.1) is 17.8 Å². The Bertz CT molecular complexity index is 1290. The molecule has 1 amide bonds. The summed E-state index contributed by atoms with van der Waals surface area (Å²) in [5.74, 6) is -0.0199. The number of aliphatic carboxylic acids is 1. The fraction of sp³-hybridized carbons (Fsp3) is 0.400. The number of rotatable bonds is 8. The summed E-state index contributed by atoms with van der Waals surface area (Å²) in [7, 11) is 0. The zero-order chi connectivity index (χ0) is 24.6. The molecule has 1 saturated carbocycles. The van der Waals surface area contributed by atoms with Crippen LogP contribution >= 0.6 is 0 Å². The van der Waals surface area contributed by atoms with Crippen LogP contribution in [0.15, 0.2) is 53.3 Å². The number of ether oxygens (including phenoxy) is 2. The van der Waals surface area contributed by atoms with Gasteiger partial charge in [0.1, 0.15) is 22.3 Å². The highest BCUT2D eigenvalue weighted by molar-refractivity contribution is 5.96. The summed E-state index contributed by atoms with van der Waals surface area (Å²) in [5, 5.41) is 20.0. The molecule has 3 aliphatic rings. The maximum atomic E-state index is 13.0. The number of carboxylic acids is 1. The Morgan fingerprint density at radius 1 is 1.14 bits per heavy atom. The molecule has 0 aliphatic heterocycles. The Morgan fingerprint density at radius 3 is 2.71 bits per heavy atom. The first-order valence-corrected chi connectivity index (χ1v) is 11.5. The lowest BCUT2D eigenvalue weighted by Gasteiger charge is -2.45. The lowest BCUT2D eigenvalue weighted by molar-refractivity contribution is -0.175. The van der Waals surface area contributed by atoms with Crippen molar-refractivity contribution in [3.8, 4) is 11.6 Å². The molecule has 1 aromatic carbocycles. The largest absolute Gasteiger partial charge is 0.479 e. The zero-order valence-corrected chi connectivity index (χ0v) is 19.4. The van der Waals surface area contributed by atoms with Crippen molar-refractivity contribution in [2.75, 3.05) is 6.54 Å². The van der Waals surface area contributed by atoms with Crippen molar-refractivity contribution >= 4 is 22.9 Å². The molecule has 10 heteroatoms. The van der Waals surface area contributed by atoms with Gasteiger partial charge in [0.05, 0.1) is 6.10 Å². The molecular weight excluding hydrogens is 452 g/mol. The fourth-order valence-electron chi connectivity index (χ4n) is 4.74. The third-order valence-electron chi connectivity index (χ3n) is 6.71. The minimum Gasteiger partial charge on any atom is -0.479 e. The summed E-state index contributed by atoms with van der Waals surface area (Å²) in [6, 6.07) is 8.43. The van der Waals surface area contributed by atoms with E-state index in [0.29, 0.717) is 28.9 Å². The summed E-state index contributed by atoms with van der Waals surface area (Å²) in [6.45, 7) is 3.64. The fourth-order valence-corrected chi connectivity index (χ4v) is 4.74. The van der Waals surface area contributed by atoms with E-state index in [2.05, 4.69) is 32.8 Å². The second-order valence-electron chi connectivity index (χ2n) is 9.50. The molecule has 35 heavy (non-hydrogen) atoms. The monoisotopic (exact) mass is 478 g/mol. The van der Waals surface area contributed by atoms with Gasteiger partial charge in [0.15, 0.2) is 5.60 Å². The Hall–Kier alpha value is -3.79. The molecular formula is C25H26N4O6. The number of amides is 1. The van der Waals surface area contributed by atoms with Gasteiger partial charge >= 0.3 is 5.97 Å². The number of benzene rings is 1. The molecule has 2 aromatic heterocycles. The highest BCUT2D eigenvalue weighted by atomic mass is 16.6. The highest BCUT2D eigenvalue weighted by Gasteiger charge is 2.43. The van der Waals surface area contributed by atoms with Crippen molar-refractivity contribution in [1.29, 1.82) is 0 Å². The predicted molar refractivity (Wildman–Crippen MR) is 124 cm³/mol. The number of nitrogens with zero attached hydrogens (tertiary/aromatic N) is 3. The molecule has 3 aromatic rings. The zero-order valence-electron chi connectivity index (χ0n) is 19.4. The molecule has 3 aliphatic carbocycles. The molecule has 4 unspecified atom stereocenters. The number of hydrogen-bond acceptors (Lipinski definition) is 8. The highest BCUT2D eigenvalue weighted by Crippen LogP contribution is 2.43. The minimum absolute atomic E-state index is 0.124. The second-order valence-corrected chi connectivity index (χ2v) is 9.50. The maximum absolute atomic E-state index is 13.0. The first-order chi connectivity index (χ1) is 16.8. The van der Waals surface area contributed by atoms with Gasteiger partial charge in [-0.1, -0.05) is 12.2 Å². The van der Waals surface area contributed by atoms with E-state index in [1.807, 2.05) is 0 Å². The number of carbonyl (C=O) groups is 2. The minimum atomic E-state index is -1.23. The standard InChI is InChI=1S/C25H26N4O6/c1-25(2,24(31)32)34-21-11-14-5-6-15(21)10-16(14)13-27-22(30)18-4-3-9-26-23(18)33-17-7-8-19-20(12-17)29-35-28-19/h3-9,12,14-16,21H,10-11,13H2,1-2H3,(H,27,30)(H,31,32). The van der Waals surface area contributed by atoms with Gasteiger partial charge in [0.25, 0.3) is 5.91 Å². The first kappa shape index (κ1) is 23.0. The van der Waals surface area contributed by atoms with Crippen LogP contribution < -0.4 is 10.1 Å². The van der Waals surface area contributed by atoms with Crippen LogP contribution in [-0.2, 0) is 9.53 Å². The number of aromatic nitrogens is 3. The lowest BCUT2D eigenvalue weighted by Crippen LogP contribution is -2.48. The van der Waals surface area contributed by atoms with E-state index >= 15 is 0 Å². The molecule has 2 heterocycles. The number of carbonyl (C=O) groups excluding carboxylic acids is 1. The van der Waals surface area contributed by atoms with E-state index in [1.54, 1.807) is 50.4 Å². The van der Waals surface area contributed by atoms with Crippen molar-refractivity contribution in [2.45, 2.75) is 38.4 Å². The van der Waals surface area contributed by atoms with Gasteiger partial charge in [-0.15, -0.1) is 0 Å². The molecule has 2 bridgehead atoms. The molecule has 0 spiro atoms. The van der Waals surface area contributed by atoms with Gasteiger partial charge in [0, 0.05) is 24.7 Å². The van der Waals surface area contributed by atoms with E-state index < -0.39 is 11.6 Å².